The number of ether oxygens (including phenoxy) is 2. The van der Waals surface area contributed by atoms with Crippen LogP contribution in [0.15, 0.2) is 23.1 Å². The Kier molecular flexibility index (Phi) is 5.03. The van der Waals surface area contributed by atoms with Crippen LogP contribution >= 0.6 is 0 Å². The lowest BCUT2D eigenvalue weighted by molar-refractivity contribution is -0.386. The SMILES string of the molecule is CCOC(=O)COc1ccc(S(C)(=O)=O)cc1[N+](=O)[O-]. The molecule has 8 nitrogen and oxygen atoms in total. The lowest BCUT2D eigenvalue weighted by atomic mass is 10.3. The molecular formula is C11H13NO7S. The van der Waals surface area contributed by atoms with E-state index < -0.39 is 33.0 Å². The maximum absolute atomic E-state index is 11.3. The number of sulfone groups is 1. The molecule has 0 atom stereocenters. The highest BCUT2D eigenvalue weighted by molar-refractivity contribution is 7.90. The number of nitro benzene ring substituents is 1. The molecule has 0 bridgehead atoms. The number of hydrogen-bond donors (Lipinski definition) is 0. The maximum atomic E-state index is 11.3. The van der Waals surface area contributed by atoms with Crippen LogP contribution < -0.4 is 4.74 Å². The molecule has 0 aliphatic carbocycles. The lowest BCUT2D eigenvalue weighted by Crippen LogP contribution is -2.15. The molecule has 20 heavy (non-hydrogen) atoms. The Morgan fingerprint density at radius 1 is 1.40 bits per heavy atom. The second-order valence-electron chi connectivity index (χ2n) is 3.75. The minimum atomic E-state index is -3.57. The summed E-state index contributed by atoms with van der Waals surface area (Å²) >= 11 is 0. The van der Waals surface area contributed by atoms with Crippen molar-refractivity contribution in [2.75, 3.05) is 19.5 Å². The molecule has 0 saturated carbocycles. The van der Waals surface area contributed by atoms with E-state index in [0.717, 1.165) is 18.4 Å². The van der Waals surface area contributed by atoms with Crippen LogP contribution in [0.3, 0.4) is 0 Å². The molecule has 1 aromatic carbocycles. The van der Waals surface area contributed by atoms with Gasteiger partial charge in [-0.1, -0.05) is 0 Å². The van der Waals surface area contributed by atoms with Crippen molar-refractivity contribution < 1.29 is 27.6 Å². The first kappa shape index (κ1) is 15.9. The molecule has 0 radical (unpaired) electrons. The summed E-state index contributed by atoms with van der Waals surface area (Å²) in [6, 6.07) is 3.19. The van der Waals surface area contributed by atoms with Crippen molar-refractivity contribution in [2.24, 2.45) is 0 Å². The van der Waals surface area contributed by atoms with Gasteiger partial charge in [0.2, 0.25) is 0 Å². The quantitative estimate of drug-likeness (QED) is 0.436. The lowest BCUT2D eigenvalue weighted by Gasteiger charge is -2.07. The maximum Gasteiger partial charge on any atom is 0.344 e. The van der Waals surface area contributed by atoms with E-state index in [4.69, 9.17) is 4.74 Å². The average molecular weight is 303 g/mol. The van der Waals surface area contributed by atoms with Crippen LogP contribution in [0, 0.1) is 10.1 Å². The third-order valence-electron chi connectivity index (χ3n) is 2.21. The minimum absolute atomic E-state index is 0.164. The Morgan fingerprint density at radius 3 is 2.55 bits per heavy atom. The molecule has 0 heterocycles. The largest absolute Gasteiger partial charge is 0.475 e. The monoisotopic (exact) mass is 303 g/mol. The number of carbonyl (C=O) groups excluding carboxylic acids is 1. The summed E-state index contributed by atoms with van der Waals surface area (Å²) in [6.45, 7) is 1.28. The van der Waals surface area contributed by atoms with Crippen LogP contribution in [0.25, 0.3) is 0 Å². The number of nitro groups is 1. The Balaban J connectivity index is 3.03. The zero-order chi connectivity index (χ0) is 15.3. The molecule has 0 aliphatic heterocycles. The third-order valence-corrected chi connectivity index (χ3v) is 3.32. The summed E-state index contributed by atoms with van der Waals surface area (Å²) in [5.41, 5.74) is -0.530. The number of benzene rings is 1. The predicted molar refractivity (Wildman–Crippen MR) is 68.3 cm³/mol. The van der Waals surface area contributed by atoms with Crippen molar-refractivity contribution >= 4 is 21.5 Å². The second-order valence-corrected chi connectivity index (χ2v) is 5.77. The van der Waals surface area contributed by atoms with Crippen molar-refractivity contribution in [1.29, 1.82) is 0 Å². The molecule has 0 spiro atoms. The van der Waals surface area contributed by atoms with E-state index in [1.165, 1.54) is 6.07 Å². The predicted octanol–water partition coefficient (Wildman–Crippen LogP) is 0.940. The van der Waals surface area contributed by atoms with E-state index in [9.17, 15) is 23.3 Å². The Labute approximate surface area is 115 Å². The molecule has 0 aromatic heterocycles. The zero-order valence-corrected chi connectivity index (χ0v) is 11.7. The molecule has 0 saturated heterocycles. The minimum Gasteiger partial charge on any atom is -0.475 e. The number of esters is 1. The van der Waals surface area contributed by atoms with Crippen molar-refractivity contribution in [2.45, 2.75) is 11.8 Å². The van der Waals surface area contributed by atoms with Gasteiger partial charge < -0.3 is 9.47 Å². The second kappa shape index (κ2) is 6.33. The van der Waals surface area contributed by atoms with Crippen LogP contribution in [0.4, 0.5) is 5.69 Å². The first-order valence-corrected chi connectivity index (χ1v) is 7.41. The highest BCUT2D eigenvalue weighted by Gasteiger charge is 2.20. The van der Waals surface area contributed by atoms with E-state index in [1.54, 1.807) is 6.92 Å². The first-order chi connectivity index (χ1) is 9.25. The Bertz CT molecular complexity index is 624. The van der Waals surface area contributed by atoms with Crippen LogP contribution in [0.5, 0.6) is 5.75 Å². The van der Waals surface area contributed by atoms with Crippen LogP contribution in [-0.2, 0) is 19.4 Å². The van der Waals surface area contributed by atoms with Crippen molar-refractivity contribution in [3.63, 3.8) is 0 Å². The number of hydrogen-bond acceptors (Lipinski definition) is 7. The first-order valence-electron chi connectivity index (χ1n) is 5.52. The molecule has 0 amide bonds. The van der Waals surface area contributed by atoms with E-state index >= 15 is 0 Å². The molecule has 0 N–H and O–H groups in total. The van der Waals surface area contributed by atoms with Gasteiger partial charge in [-0.2, -0.15) is 0 Å². The molecule has 0 unspecified atom stereocenters. The van der Waals surface area contributed by atoms with Gasteiger partial charge in [0.1, 0.15) is 0 Å². The normalized spacial score (nSPS) is 10.9. The summed E-state index contributed by atoms with van der Waals surface area (Å²) in [6.07, 6.45) is 0.936. The van der Waals surface area contributed by atoms with Gasteiger partial charge in [-0.05, 0) is 19.1 Å². The van der Waals surface area contributed by atoms with E-state index in [2.05, 4.69) is 4.74 Å². The number of carbonyl (C=O) groups is 1. The standard InChI is InChI=1S/C11H13NO7S/c1-3-18-11(13)7-19-10-5-4-8(20(2,16)17)6-9(10)12(14)15/h4-6H,3,7H2,1-2H3. The van der Waals surface area contributed by atoms with Gasteiger partial charge in [-0.25, -0.2) is 13.2 Å². The highest BCUT2D eigenvalue weighted by Crippen LogP contribution is 2.29. The fraction of sp³-hybridized carbons (Fsp3) is 0.364. The fourth-order valence-corrected chi connectivity index (χ4v) is 1.97. The van der Waals surface area contributed by atoms with E-state index in [0.29, 0.717) is 0 Å². The highest BCUT2D eigenvalue weighted by atomic mass is 32.2. The molecule has 110 valence electrons. The smallest absolute Gasteiger partial charge is 0.344 e. The summed E-state index contributed by atoms with van der Waals surface area (Å²) in [5, 5.41) is 10.9. The van der Waals surface area contributed by atoms with Crippen molar-refractivity contribution in [3.8, 4) is 5.75 Å². The molecule has 0 aliphatic rings. The summed E-state index contributed by atoms with van der Waals surface area (Å²) in [5.74, 6) is -0.871. The topological polar surface area (TPSA) is 113 Å². The Morgan fingerprint density at radius 2 is 2.05 bits per heavy atom. The molecule has 1 rings (SSSR count). The van der Waals surface area contributed by atoms with Gasteiger partial charge in [0, 0.05) is 12.3 Å². The molecule has 1 aromatic rings. The van der Waals surface area contributed by atoms with Gasteiger partial charge in [-0.3, -0.25) is 10.1 Å². The average Bonchev–Trinajstić information content (AvgIpc) is 2.35. The van der Waals surface area contributed by atoms with Crippen LogP contribution in [-0.4, -0.2) is 38.8 Å². The van der Waals surface area contributed by atoms with E-state index in [-0.39, 0.29) is 17.3 Å². The fourth-order valence-electron chi connectivity index (χ4n) is 1.33. The number of nitrogens with zero attached hydrogens (tertiary/aromatic N) is 1. The zero-order valence-electron chi connectivity index (χ0n) is 10.9. The van der Waals surface area contributed by atoms with Gasteiger partial charge in [0.15, 0.2) is 22.2 Å². The van der Waals surface area contributed by atoms with Gasteiger partial charge in [0.05, 0.1) is 16.4 Å². The van der Waals surface area contributed by atoms with Crippen LogP contribution in [0.1, 0.15) is 6.92 Å². The van der Waals surface area contributed by atoms with Gasteiger partial charge in [-0.15, -0.1) is 0 Å². The molecule has 0 fully saturated rings. The molecular weight excluding hydrogens is 290 g/mol. The summed E-state index contributed by atoms with van der Waals surface area (Å²) < 4.78 is 32.2. The van der Waals surface area contributed by atoms with Crippen LogP contribution in [0.2, 0.25) is 0 Å². The van der Waals surface area contributed by atoms with Crippen molar-refractivity contribution in [3.05, 3.63) is 28.3 Å². The number of rotatable bonds is 6. The van der Waals surface area contributed by atoms with E-state index in [1.807, 2.05) is 0 Å². The summed E-state index contributed by atoms with van der Waals surface area (Å²) in [4.78, 5) is 21.0. The molecule has 9 heteroatoms. The van der Waals surface area contributed by atoms with Crippen molar-refractivity contribution in [1.82, 2.24) is 0 Å². The van der Waals surface area contributed by atoms with Gasteiger partial charge >= 0.3 is 11.7 Å². The Hall–Kier alpha value is -2.16. The summed E-state index contributed by atoms with van der Waals surface area (Å²) in [7, 11) is -3.57. The third kappa shape index (κ3) is 4.19. The van der Waals surface area contributed by atoms with Gasteiger partial charge in [0.25, 0.3) is 0 Å².